The van der Waals surface area contributed by atoms with E-state index >= 15 is 0 Å². The first kappa shape index (κ1) is 12.8. The molecule has 5 nitrogen and oxygen atoms in total. The Bertz CT molecular complexity index is 203. The molecule has 0 aliphatic carbocycles. The first-order valence-electron chi connectivity index (χ1n) is 4.13. The Balaban J connectivity index is 3.09. The van der Waals surface area contributed by atoms with Gasteiger partial charge in [-0.15, -0.1) is 0 Å². The zero-order valence-electron chi connectivity index (χ0n) is 7.86. The lowest BCUT2D eigenvalue weighted by atomic mass is 10.4. The molecule has 0 unspecified atom stereocenters. The normalized spacial score (nSPS) is 11.8. The quantitative estimate of drug-likeness (QED) is 0.560. The summed E-state index contributed by atoms with van der Waals surface area (Å²) in [7, 11) is -1.70. The standard InChI is InChI=1S/C7H17NO4S/c1-11-5-6-12-4-2-3-7-13(8,9)10/h2-7H2,1H3,(H2,8,9,10). The second kappa shape index (κ2) is 7.25. The molecule has 0 heterocycles. The maximum Gasteiger partial charge on any atom is 0.209 e. The number of hydrogen-bond donors (Lipinski definition) is 1. The van der Waals surface area contributed by atoms with Gasteiger partial charge in [-0.05, 0) is 12.8 Å². The highest BCUT2D eigenvalue weighted by molar-refractivity contribution is 7.89. The van der Waals surface area contributed by atoms with E-state index in [1.54, 1.807) is 7.11 Å². The van der Waals surface area contributed by atoms with E-state index in [0.29, 0.717) is 32.7 Å². The fourth-order valence-corrected chi connectivity index (χ4v) is 1.36. The molecular formula is C7H17NO4S. The predicted molar refractivity (Wildman–Crippen MR) is 49.9 cm³/mol. The average Bonchev–Trinajstić information content (AvgIpc) is 2.01. The molecule has 0 aliphatic heterocycles. The minimum absolute atomic E-state index is 0.0284. The number of nitrogens with two attached hydrogens (primary N) is 1. The molecule has 0 atom stereocenters. The Morgan fingerprint density at radius 3 is 2.38 bits per heavy atom. The van der Waals surface area contributed by atoms with Crippen molar-refractivity contribution < 1.29 is 17.9 Å². The van der Waals surface area contributed by atoms with Gasteiger partial charge in [-0.3, -0.25) is 0 Å². The van der Waals surface area contributed by atoms with Gasteiger partial charge in [0.1, 0.15) is 0 Å². The van der Waals surface area contributed by atoms with Crippen molar-refractivity contribution in [3.05, 3.63) is 0 Å². The number of sulfonamides is 1. The molecule has 6 heteroatoms. The van der Waals surface area contributed by atoms with Crippen molar-refractivity contribution >= 4 is 10.0 Å². The maximum atomic E-state index is 10.5. The van der Waals surface area contributed by atoms with Crippen LogP contribution >= 0.6 is 0 Å². The largest absolute Gasteiger partial charge is 0.382 e. The molecule has 2 N–H and O–H groups in total. The van der Waals surface area contributed by atoms with Gasteiger partial charge in [-0.1, -0.05) is 0 Å². The molecule has 0 aliphatic rings. The van der Waals surface area contributed by atoms with Crippen LogP contribution in [0.3, 0.4) is 0 Å². The molecule has 0 aromatic carbocycles. The Kier molecular flexibility index (Phi) is 7.16. The lowest BCUT2D eigenvalue weighted by Crippen LogP contribution is -2.16. The molecule has 80 valence electrons. The maximum absolute atomic E-state index is 10.5. The van der Waals surface area contributed by atoms with Crippen molar-refractivity contribution in [2.45, 2.75) is 12.8 Å². The predicted octanol–water partition coefficient (Wildman–Crippen LogP) is -0.282. The summed E-state index contributed by atoms with van der Waals surface area (Å²) >= 11 is 0. The zero-order chi connectivity index (χ0) is 10.2. The van der Waals surface area contributed by atoms with E-state index < -0.39 is 10.0 Å². The second-order valence-corrected chi connectivity index (χ2v) is 4.41. The number of rotatable bonds is 8. The molecule has 0 aromatic heterocycles. The van der Waals surface area contributed by atoms with Crippen LogP contribution in [-0.2, 0) is 19.5 Å². The molecule has 0 saturated heterocycles. The molecule has 0 rings (SSSR count). The molecular weight excluding hydrogens is 194 g/mol. The van der Waals surface area contributed by atoms with E-state index in [-0.39, 0.29) is 5.75 Å². The van der Waals surface area contributed by atoms with Crippen molar-refractivity contribution in [1.82, 2.24) is 0 Å². The summed E-state index contributed by atoms with van der Waals surface area (Å²) in [6, 6.07) is 0. The van der Waals surface area contributed by atoms with Gasteiger partial charge in [0.2, 0.25) is 10.0 Å². The summed E-state index contributed by atoms with van der Waals surface area (Å²) in [6.45, 7) is 1.67. The molecule has 13 heavy (non-hydrogen) atoms. The van der Waals surface area contributed by atoms with E-state index in [0.717, 1.165) is 0 Å². The van der Waals surface area contributed by atoms with Gasteiger partial charge in [0.15, 0.2) is 0 Å². The highest BCUT2D eigenvalue weighted by atomic mass is 32.2. The highest BCUT2D eigenvalue weighted by Crippen LogP contribution is 1.92. The van der Waals surface area contributed by atoms with Gasteiger partial charge in [0.05, 0.1) is 19.0 Å². The Hall–Kier alpha value is -0.170. The van der Waals surface area contributed by atoms with Crippen LogP contribution in [0, 0.1) is 0 Å². The lowest BCUT2D eigenvalue weighted by Gasteiger charge is -2.02. The van der Waals surface area contributed by atoms with Gasteiger partial charge in [0, 0.05) is 13.7 Å². The van der Waals surface area contributed by atoms with E-state index in [2.05, 4.69) is 0 Å². The molecule has 0 amide bonds. The van der Waals surface area contributed by atoms with Crippen LogP contribution in [0.2, 0.25) is 0 Å². The summed E-state index contributed by atoms with van der Waals surface area (Å²) in [6.07, 6.45) is 1.26. The lowest BCUT2D eigenvalue weighted by molar-refractivity contribution is 0.0693. The molecule has 0 fully saturated rings. The summed E-state index contributed by atoms with van der Waals surface area (Å²) in [5.74, 6) is 0.0284. The summed E-state index contributed by atoms with van der Waals surface area (Å²) in [4.78, 5) is 0. The van der Waals surface area contributed by atoms with E-state index in [1.807, 2.05) is 0 Å². The Labute approximate surface area is 79.3 Å². The molecule has 0 spiro atoms. The van der Waals surface area contributed by atoms with Crippen molar-refractivity contribution in [2.24, 2.45) is 5.14 Å². The fraction of sp³-hybridized carbons (Fsp3) is 1.00. The number of hydrogen-bond acceptors (Lipinski definition) is 4. The van der Waals surface area contributed by atoms with E-state index in [1.165, 1.54) is 0 Å². The van der Waals surface area contributed by atoms with Crippen LogP contribution in [0.15, 0.2) is 0 Å². The second-order valence-electron chi connectivity index (χ2n) is 2.68. The van der Waals surface area contributed by atoms with Gasteiger partial charge in [0.25, 0.3) is 0 Å². The van der Waals surface area contributed by atoms with E-state index in [4.69, 9.17) is 14.6 Å². The highest BCUT2D eigenvalue weighted by Gasteiger charge is 2.00. The molecule has 0 radical (unpaired) electrons. The van der Waals surface area contributed by atoms with Crippen molar-refractivity contribution in [3.8, 4) is 0 Å². The third-order valence-electron chi connectivity index (χ3n) is 1.40. The Morgan fingerprint density at radius 1 is 1.15 bits per heavy atom. The van der Waals surface area contributed by atoms with Crippen LogP contribution in [0.1, 0.15) is 12.8 Å². The van der Waals surface area contributed by atoms with Gasteiger partial charge in [-0.2, -0.15) is 0 Å². The summed E-state index contributed by atoms with van der Waals surface area (Å²) in [5, 5.41) is 4.81. The molecule has 0 aromatic rings. The minimum Gasteiger partial charge on any atom is -0.382 e. The molecule has 0 bridgehead atoms. The van der Waals surface area contributed by atoms with Crippen molar-refractivity contribution in [3.63, 3.8) is 0 Å². The zero-order valence-corrected chi connectivity index (χ0v) is 8.68. The van der Waals surface area contributed by atoms with Crippen LogP contribution in [-0.4, -0.2) is 41.1 Å². The van der Waals surface area contributed by atoms with E-state index in [9.17, 15) is 8.42 Å². The first-order chi connectivity index (χ1) is 6.06. The summed E-state index contributed by atoms with van der Waals surface area (Å²) < 4.78 is 30.9. The monoisotopic (exact) mass is 211 g/mol. The first-order valence-corrected chi connectivity index (χ1v) is 5.85. The fourth-order valence-electron chi connectivity index (χ4n) is 0.752. The van der Waals surface area contributed by atoms with Crippen LogP contribution < -0.4 is 5.14 Å². The van der Waals surface area contributed by atoms with Crippen LogP contribution in [0.5, 0.6) is 0 Å². The number of primary sulfonamides is 1. The molecule has 0 saturated carbocycles. The van der Waals surface area contributed by atoms with Crippen molar-refractivity contribution in [1.29, 1.82) is 0 Å². The van der Waals surface area contributed by atoms with Crippen LogP contribution in [0.4, 0.5) is 0 Å². The minimum atomic E-state index is -3.30. The number of methoxy groups -OCH3 is 1. The van der Waals surface area contributed by atoms with Crippen molar-refractivity contribution in [2.75, 3.05) is 32.7 Å². The summed E-state index contributed by atoms with van der Waals surface area (Å²) in [5.41, 5.74) is 0. The number of ether oxygens (including phenoxy) is 2. The topological polar surface area (TPSA) is 78.6 Å². The average molecular weight is 211 g/mol. The SMILES string of the molecule is COCCOCCCCS(N)(=O)=O. The number of unbranched alkanes of at least 4 members (excludes halogenated alkanes) is 1. The van der Waals surface area contributed by atoms with Gasteiger partial charge < -0.3 is 9.47 Å². The third kappa shape index (κ3) is 11.8. The van der Waals surface area contributed by atoms with Crippen LogP contribution in [0.25, 0.3) is 0 Å². The smallest absolute Gasteiger partial charge is 0.209 e. The Morgan fingerprint density at radius 2 is 1.85 bits per heavy atom. The van der Waals surface area contributed by atoms with Gasteiger partial charge >= 0.3 is 0 Å². The third-order valence-corrected chi connectivity index (χ3v) is 2.26. The van der Waals surface area contributed by atoms with Gasteiger partial charge in [-0.25, -0.2) is 13.6 Å².